The zero-order valence-corrected chi connectivity index (χ0v) is 9.37. The lowest BCUT2D eigenvalue weighted by molar-refractivity contribution is 0.165. The zero-order valence-electron chi connectivity index (χ0n) is 9.37. The van der Waals surface area contributed by atoms with E-state index in [9.17, 15) is 0 Å². The third-order valence-electron chi connectivity index (χ3n) is 3.04. The van der Waals surface area contributed by atoms with Gasteiger partial charge in [0.15, 0.2) is 0 Å². The van der Waals surface area contributed by atoms with Crippen molar-refractivity contribution < 1.29 is 0 Å². The van der Waals surface area contributed by atoms with E-state index in [0.717, 1.165) is 19.0 Å². The number of hydrogen-bond donors (Lipinski definition) is 2. The summed E-state index contributed by atoms with van der Waals surface area (Å²) in [6, 6.07) is 0. The molecule has 84 valence electrons. The summed E-state index contributed by atoms with van der Waals surface area (Å²) >= 11 is 0. The number of imidazole rings is 1. The van der Waals surface area contributed by atoms with Gasteiger partial charge in [0.1, 0.15) is 0 Å². The van der Waals surface area contributed by atoms with Crippen molar-refractivity contribution in [3.8, 4) is 0 Å². The smallest absolute Gasteiger partial charge is 0.0922 e. The first kappa shape index (κ1) is 10.6. The lowest BCUT2D eigenvalue weighted by atomic mass is 9.98. The molecule has 1 atom stereocenters. The molecule has 1 unspecified atom stereocenters. The van der Waals surface area contributed by atoms with Crippen LogP contribution in [-0.2, 0) is 6.54 Å². The second-order valence-electron chi connectivity index (χ2n) is 4.38. The van der Waals surface area contributed by atoms with Gasteiger partial charge in [-0.15, -0.1) is 0 Å². The quantitative estimate of drug-likeness (QED) is 0.770. The van der Waals surface area contributed by atoms with Crippen molar-refractivity contribution in [2.24, 2.45) is 5.92 Å². The summed E-state index contributed by atoms with van der Waals surface area (Å²) in [4.78, 5) is 9.72. The lowest BCUT2D eigenvalue weighted by Gasteiger charge is -2.32. The largest absolute Gasteiger partial charge is 0.347 e. The van der Waals surface area contributed by atoms with E-state index in [0.29, 0.717) is 0 Å². The predicted octanol–water partition coefficient (Wildman–Crippen LogP) is 0.841. The molecule has 1 fully saturated rings. The van der Waals surface area contributed by atoms with Gasteiger partial charge in [0.25, 0.3) is 0 Å². The fourth-order valence-corrected chi connectivity index (χ4v) is 2.36. The molecule has 0 aliphatic carbocycles. The van der Waals surface area contributed by atoms with E-state index in [1.54, 1.807) is 6.33 Å². The van der Waals surface area contributed by atoms with Gasteiger partial charge < -0.3 is 10.3 Å². The Labute approximate surface area is 91.1 Å². The van der Waals surface area contributed by atoms with Gasteiger partial charge in [0, 0.05) is 25.0 Å². The van der Waals surface area contributed by atoms with E-state index in [1.165, 1.54) is 31.6 Å². The molecule has 2 rings (SSSR count). The molecule has 0 spiro atoms. The molecule has 1 aromatic heterocycles. The van der Waals surface area contributed by atoms with Crippen LogP contribution >= 0.6 is 0 Å². The first-order valence-corrected chi connectivity index (χ1v) is 5.72. The zero-order chi connectivity index (χ0) is 10.5. The van der Waals surface area contributed by atoms with Gasteiger partial charge in [0.05, 0.1) is 6.33 Å². The van der Waals surface area contributed by atoms with Gasteiger partial charge in [-0.3, -0.25) is 4.90 Å². The normalized spacial score (nSPS) is 23.1. The van der Waals surface area contributed by atoms with E-state index >= 15 is 0 Å². The molecule has 0 aromatic carbocycles. The summed E-state index contributed by atoms with van der Waals surface area (Å²) in [6.45, 7) is 4.58. The van der Waals surface area contributed by atoms with Gasteiger partial charge in [-0.2, -0.15) is 0 Å². The minimum atomic E-state index is 0.812. The summed E-state index contributed by atoms with van der Waals surface area (Å²) in [5.74, 6) is 0.812. The van der Waals surface area contributed by atoms with E-state index < -0.39 is 0 Å². The molecule has 0 radical (unpaired) electrons. The van der Waals surface area contributed by atoms with Gasteiger partial charge in [-0.1, -0.05) is 0 Å². The second kappa shape index (κ2) is 5.28. The van der Waals surface area contributed by atoms with Gasteiger partial charge >= 0.3 is 0 Å². The lowest BCUT2D eigenvalue weighted by Crippen LogP contribution is -2.38. The highest BCUT2D eigenvalue weighted by atomic mass is 15.1. The van der Waals surface area contributed by atoms with Gasteiger partial charge in [0.2, 0.25) is 0 Å². The topological polar surface area (TPSA) is 44.0 Å². The molecular weight excluding hydrogens is 188 g/mol. The molecule has 1 aromatic rings. The number of nitrogens with zero attached hydrogens (tertiary/aromatic N) is 2. The number of rotatable bonds is 4. The van der Waals surface area contributed by atoms with E-state index in [4.69, 9.17) is 0 Å². The maximum Gasteiger partial charge on any atom is 0.0922 e. The van der Waals surface area contributed by atoms with Crippen LogP contribution in [0.3, 0.4) is 0 Å². The molecule has 0 amide bonds. The molecule has 1 aliphatic rings. The van der Waals surface area contributed by atoms with Crippen molar-refractivity contribution in [2.75, 3.05) is 26.7 Å². The van der Waals surface area contributed by atoms with Crippen LogP contribution in [0.1, 0.15) is 18.5 Å². The van der Waals surface area contributed by atoms with Crippen LogP contribution in [-0.4, -0.2) is 41.5 Å². The number of likely N-dealkylation sites (tertiary alicyclic amines) is 1. The Morgan fingerprint density at radius 1 is 1.67 bits per heavy atom. The minimum absolute atomic E-state index is 0.812. The summed E-state index contributed by atoms with van der Waals surface area (Å²) in [6.07, 6.45) is 6.35. The van der Waals surface area contributed by atoms with Crippen LogP contribution in [0.15, 0.2) is 12.5 Å². The average Bonchev–Trinajstić information content (AvgIpc) is 2.71. The number of H-pyrrole nitrogens is 1. The Kier molecular flexibility index (Phi) is 3.75. The van der Waals surface area contributed by atoms with E-state index in [-0.39, 0.29) is 0 Å². The average molecular weight is 208 g/mol. The Bertz CT molecular complexity index is 268. The highest BCUT2D eigenvalue weighted by Crippen LogP contribution is 2.17. The SMILES string of the molecule is CNCC1CCCN(Cc2cnc[nH]2)C1. The molecule has 0 saturated carbocycles. The summed E-state index contributed by atoms with van der Waals surface area (Å²) in [7, 11) is 2.04. The predicted molar refractivity (Wildman–Crippen MR) is 60.5 cm³/mol. The van der Waals surface area contributed by atoms with Gasteiger partial charge in [-0.25, -0.2) is 4.98 Å². The van der Waals surface area contributed by atoms with Gasteiger partial charge in [-0.05, 0) is 38.9 Å². The third-order valence-corrected chi connectivity index (χ3v) is 3.04. The van der Waals surface area contributed by atoms with Crippen molar-refractivity contribution in [2.45, 2.75) is 19.4 Å². The first-order chi connectivity index (χ1) is 7.38. The van der Waals surface area contributed by atoms with Crippen molar-refractivity contribution in [3.63, 3.8) is 0 Å². The number of hydrogen-bond acceptors (Lipinski definition) is 3. The molecule has 4 heteroatoms. The summed E-state index contributed by atoms with van der Waals surface area (Å²) in [5.41, 5.74) is 1.22. The number of aromatic nitrogens is 2. The van der Waals surface area contributed by atoms with Crippen molar-refractivity contribution >= 4 is 0 Å². The third kappa shape index (κ3) is 3.04. The maximum absolute atomic E-state index is 4.05. The van der Waals surface area contributed by atoms with Crippen molar-refractivity contribution in [1.82, 2.24) is 20.2 Å². The maximum atomic E-state index is 4.05. The number of piperidine rings is 1. The van der Waals surface area contributed by atoms with Crippen LogP contribution < -0.4 is 5.32 Å². The van der Waals surface area contributed by atoms with Crippen LogP contribution in [0, 0.1) is 5.92 Å². The molecule has 1 aliphatic heterocycles. The summed E-state index contributed by atoms with van der Waals surface area (Å²) < 4.78 is 0. The highest BCUT2D eigenvalue weighted by Gasteiger charge is 2.19. The van der Waals surface area contributed by atoms with E-state index in [1.807, 2.05) is 13.2 Å². The van der Waals surface area contributed by atoms with Crippen LogP contribution in [0.25, 0.3) is 0 Å². The standard InChI is InChI=1S/C11H20N4/c1-12-5-10-3-2-4-15(7-10)8-11-6-13-9-14-11/h6,9-10,12H,2-5,7-8H2,1H3,(H,13,14). The molecule has 1 saturated heterocycles. The Morgan fingerprint density at radius 3 is 3.33 bits per heavy atom. The van der Waals surface area contributed by atoms with Crippen LogP contribution in [0.2, 0.25) is 0 Å². The molecule has 15 heavy (non-hydrogen) atoms. The fraction of sp³-hybridized carbons (Fsp3) is 0.727. The molecule has 2 N–H and O–H groups in total. The Hall–Kier alpha value is -0.870. The van der Waals surface area contributed by atoms with Crippen LogP contribution in [0.4, 0.5) is 0 Å². The number of nitrogens with one attached hydrogen (secondary N) is 2. The summed E-state index contributed by atoms with van der Waals surface area (Å²) in [5, 5.41) is 3.27. The fourth-order valence-electron chi connectivity index (χ4n) is 2.36. The first-order valence-electron chi connectivity index (χ1n) is 5.72. The van der Waals surface area contributed by atoms with Crippen molar-refractivity contribution in [3.05, 3.63) is 18.2 Å². The number of aromatic amines is 1. The molecule has 0 bridgehead atoms. The highest BCUT2D eigenvalue weighted by molar-refractivity contribution is 4.94. The second-order valence-corrected chi connectivity index (χ2v) is 4.38. The molecule has 4 nitrogen and oxygen atoms in total. The monoisotopic (exact) mass is 208 g/mol. The van der Waals surface area contributed by atoms with Crippen LogP contribution in [0.5, 0.6) is 0 Å². The Morgan fingerprint density at radius 2 is 2.60 bits per heavy atom. The minimum Gasteiger partial charge on any atom is -0.347 e. The molecule has 2 heterocycles. The van der Waals surface area contributed by atoms with Crippen molar-refractivity contribution in [1.29, 1.82) is 0 Å². The Balaban J connectivity index is 1.82. The molecular formula is C11H20N4. The van der Waals surface area contributed by atoms with E-state index in [2.05, 4.69) is 20.2 Å².